The van der Waals surface area contributed by atoms with Crippen LogP contribution in [0.1, 0.15) is 24.0 Å². The molecule has 0 amide bonds. The molecule has 1 N–H and O–H groups in total. The van der Waals surface area contributed by atoms with Crippen molar-refractivity contribution in [2.24, 2.45) is 0 Å². The quantitative estimate of drug-likeness (QED) is 0.916. The van der Waals surface area contributed by atoms with E-state index >= 15 is 0 Å². The van der Waals surface area contributed by atoms with Crippen molar-refractivity contribution in [1.82, 2.24) is 5.32 Å². The molecule has 104 valence electrons. The molecule has 0 spiro atoms. The molecule has 2 heteroatoms. The zero-order valence-electron chi connectivity index (χ0n) is 11.7. The fraction of sp³-hybridized carbons (Fsp3) is 0.333. The Hall–Kier alpha value is -1.80. The van der Waals surface area contributed by atoms with Gasteiger partial charge in [-0.3, -0.25) is 0 Å². The lowest BCUT2D eigenvalue weighted by atomic mass is 10.1. The average molecular weight is 267 g/mol. The number of hydrogen-bond donors (Lipinski definition) is 1. The van der Waals surface area contributed by atoms with Crippen LogP contribution in [0.5, 0.6) is 5.75 Å². The van der Waals surface area contributed by atoms with Gasteiger partial charge in [0, 0.05) is 6.54 Å². The van der Waals surface area contributed by atoms with Gasteiger partial charge in [-0.2, -0.15) is 0 Å². The van der Waals surface area contributed by atoms with E-state index in [1.54, 1.807) is 0 Å². The van der Waals surface area contributed by atoms with Crippen LogP contribution in [-0.2, 0) is 6.42 Å². The Bertz CT molecular complexity index is 515. The van der Waals surface area contributed by atoms with Crippen molar-refractivity contribution in [3.8, 4) is 5.75 Å². The van der Waals surface area contributed by atoms with Crippen molar-refractivity contribution in [2.75, 3.05) is 13.1 Å². The molecule has 2 aromatic carbocycles. The third-order valence-electron chi connectivity index (χ3n) is 3.73. The Labute approximate surface area is 120 Å². The smallest absolute Gasteiger partial charge is 0.119 e. The van der Waals surface area contributed by atoms with E-state index < -0.39 is 0 Å². The van der Waals surface area contributed by atoms with Crippen LogP contribution in [0.3, 0.4) is 0 Å². The summed E-state index contributed by atoms with van der Waals surface area (Å²) in [5.74, 6) is 0.982. The number of hydrogen-bond acceptors (Lipinski definition) is 2. The number of rotatable bonds is 4. The van der Waals surface area contributed by atoms with E-state index in [1.165, 1.54) is 17.5 Å². The molecular weight excluding hydrogens is 246 g/mol. The van der Waals surface area contributed by atoms with E-state index in [0.717, 1.165) is 31.7 Å². The summed E-state index contributed by atoms with van der Waals surface area (Å²) in [6, 6.07) is 19.1. The molecule has 2 nitrogen and oxygen atoms in total. The Kier molecular flexibility index (Phi) is 4.34. The van der Waals surface area contributed by atoms with Crippen LogP contribution in [-0.4, -0.2) is 19.2 Å². The summed E-state index contributed by atoms with van der Waals surface area (Å²) in [4.78, 5) is 0. The van der Waals surface area contributed by atoms with Gasteiger partial charge >= 0.3 is 0 Å². The molecule has 1 unspecified atom stereocenters. The maximum Gasteiger partial charge on any atom is 0.119 e. The molecule has 0 saturated carbocycles. The molecule has 2 aromatic rings. The zero-order valence-corrected chi connectivity index (χ0v) is 11.7. The van der Waals surface area contributed by atoms with Crippen LogP contribution < -0.4 is 10.1 Å². The summed E-state index contributed by atoms with van der Waals surface area (Å²) in [6.07, 6.45) is 3.66. The first-order valence-corrected chi connectivity index (χ1v) is 7.40. The maximum atomic E-state index is 6.00. The van der Waals surface area contributed by atoms with Gasteiger partial charge in [-0.05, 0) is 49.1 Å². The second kappa shape index (κ2) is 6.58. The van der Waals surface area contributed by atoms with Crippen LogP contribution >= 0.6 is 0 Å². The van der Waals surface area contributed by atoms with Crippen molar-refractivity contribution in [2.45, 2.75) is 25.4 Å². The van der Waals surface area contributed by atoms with Crippen LogP contribution in [0.25, 0.3) is 0 Å². The molecular formula is C18H21NO. The summed E-state index contributed by atoms with van der Waals surface area (Å²) in [6.45, 7) is 2.08. The Balaban J connectivity index is 1.59. The van der Waals surface area contributed by atoms with E-state index in [9.17, 15) is 0 Å². The highest BCUT2D eigenvalue weighted by molar-refractivity contribution is 5.31. The highest BCUT2D eigenvalue weighted by atomic mass is 16.5. The lowest BCUT2D eigenvalue weighted by molar-refractivity contribution is 0.167. The molecule has 0 radical (unpaired) electrons. The zero-order chi connectivity index (χ0) is 13.6. The van der Waals surface area contributed by atoms with Gasteiger partial charge in [0.15, 0.2) is 0 Å². The van der Waals surface area contributed by atoms with E-state index in [2.05, 4.69) is 59.9 Å². The van der Waals surface area contributed by atoms with Gasteiger partial charge in [-0.1, -0.05) is 42.5 Å². The van der Waals surface area contributed by atoms with Gasteiger partial charge in [-0.25, -0.2) is 0 Å². The molecule has 1 fully saturated rings. The Morgan fingerprint density at radius 2 is 1.70 bits per heavy atom. The molecule has 1 aliphatic heterocycles. The van der Waals surface area contributed by atoms with Gasteiger partial charge in [0.1, 0.15) is 11.9 Å². The van der Waals surface area contributed by atoms with Crippen molar-refractivity contribution in [1.29, 1.82) is 0 Å². The molecule has 0 bridgehead atoms. The highest BCUT2D eigenvalue weighted by Gasteiger charge is 2.13. The largest absolute Gasteiger partial charge is 0.489 e. The molecule has 0 aromatic heterocycles. The predicted octanol–water partition coefficient (Wildman–Crippen LogP) is 3.41. The van der Waals surface area contributed by atoms with Gasteiger partial charge in [0.2, 0.25) is 0 Å². The normalized spacial score (nSPS) is 18.7. The molecule has 1 aliphatic rings. The highest BCUT2D eigenvalue weighted by Crippen LogP contribution is 2.18. The maximum absolute atomic E-state index is 6.00. The third kappa shape index (κ3) is 3.61. The van der Waals surface area contributed by atoms with Crippen molar-refractivity contribution in [3.63, 3.8) is 0 Å². The minimum atomic E-state index is 0.323. The van der Waals surface area contributed by atoms with E-state index in [4.69, 9.17) is 4.74 Å². The monoisotopic (exact) mass is 267 g/mol. The van der Waals surface area contributed by atoms with Crippen LogP contribution in [0, 0.1) is 0 Å². The van der Waals surface area contributed by atoms with Crippen molar-refractivity contribution < 1.29 is 4.74 Å². The molecule has 3 rings (SSSR count). The molecule has 0 aliphatic carbocycles. The van der Waals surface area contributed by atoms with Crippen LogP contribution in [0.2, 0.25) is 0 Å². The van der Waals surface area contributed by atoms with Gasteiger partial charge < -0.3 is 10.1 Å². The Morgan fingerprint density at radius 3 is 2.40 bits per heavy atom. The number of nitrogens with one attached hydrogen (secondary N) is 1. The summed E-state index contributed by atoms with van der Waals surface area (Å²) < 4.78 is 6.00. The lowest BCUT2D eigenvalue weighted by Crippen LogP contribution is -2.37. The predicted molar refractivity (Wildman–Crippen MR) is 82.2 cm³/mol. The molecule has 1 atom stereocenters. The molecule has 20 heavy (non-hydrogen) atoms. The van der Waals surface area contributed by atoms with Gasteiger partial charge in [0.05, 0.1) is 0 Å². The topological polar surface area (TPSA) is 21.3 Å². The SMILES string of the molecule is c1ccc(Cc2ccc(OC3CCCNC3)cc2)cc1. The fourth-order valence-corrected chi connectivity index (χ4v) is 2.63. The lowest BCUT2D eigenvalue weighted by Gasteiger charge is -2.24. The second-order valence-corrected chi connectivity index (χ2v) is 5.39. The first-order valence-electron chi connectivity index (χ1n) is 7.40. The second-order valence-electron chi connectivity index (χ2n) is 5.39. The van der Waals surface area contributed by atoms with Crippen LogP contribution in [0.4, 0.5) is 0 Å². The third-order valence-corrected chi connectivity index (χ3v) is 3.73. The minimum Gasteiger partial charge on any atom is -0.489 e. The number of piperidine rings is 1. The average Bonchev–Trinajstić information content (AvgIpc) is 2.51. The minimum absolute atomic E-state index is 0.323. The summed E-state index contributed by atoms with van der Waals surface area (Å²) in [5, 5.41) is 3.37. The van der Waals surface area contributed by atoms with Gasteiger partial charge in [0.25, 0.3) is 0 Å². The fourth-order valence-electron chi connectivity index (χ4n) is 2.63. The van der Waals surface area contributed by atoms with Gasteiger partial charge in [-0.15, -0.1) is 0 Å². The number of benzene rings is 2. The van der Waals surface area contributed by atoms with Crippen molar-refractivity contribution >= 4 is 0 Å². The molecule has 1 saturated heterocycles. The number of ether oxygens (including phenoxy) is 1. The summed E-state index contributed by atoms with van der Waals surface area (Å²) >= 11 is 0. The first kappa shape index (κ1) is 13.2. The van der Waals surface area contributed by atoms with E-state index in [0.29, 0.717) is 6.10 Å². The summed E-state index contributed by atoms with van der Waals surface area (Å²) in [7, 11) is 0. The first-order chi connectivity index (χ1) is 9.90. The standard InChI is InChI=1S/C18H21NO/c1-2-5-15(6-3-1)13-16-8-10-17(11-9-16)20-18-7-4-12-19-14-18/h1-3,5-6,8-11,18-19H,4,7,12-14H2. The van der Waals surface area contributed by atoms with Crippen molar-refractivity contribution in [3.05, 3.63) is 65.7 Å². The summed E-state index contributed by atoms with van der Waals surface area (Å²) in [5.41, 5.74) is 2.67. The van der Waals surface area contributed by atoms with E-state index in [-0.39, 0.29) is 0 Å². The van der Waals surface area contributed by atoms with Crippen LogP contribution in [0.15, 0.2) is 54.6 Å². The molecule has 1 heterocycles. The van der Waals surface area contributed by atoms with E-state index in [1.807, 2.05) is 0 Å². The Morgan fingerprint density at radius 1 is 0.950 bits per heavy atom.